The number of hydrogen-bond acceptors (Lipinski definition) is 5. The molecule has 1 fully saturated rings. The van der Waals surface area contributed by atoms with Gasteiger partial charge in [-0.3, -0.25) is 14.8 Å². The van der Waals surface area contributed by atoms with Gasteiger partial charge in [0.2, 0.25) is 0 Å². The number of nitrogens with zero attached hydrogens (tertiary/aromatic N) is 3. The van der Waals surface area contributed by atoms with Gasteiger partial charge in [-0.25, -0.2) is 4.79 Å². The van der Waals surface area contributed by atoms with Crippen LogP contribution in [0.4, 0.5) is 10.5 Å². The third-order valence-corrected chi connectivity index (χ3v) is 4.58. The SMILES string of the molecule is CC(C)(C)OC(=O)N[C@H]1CC[C@H](n2ncc3c([N+](=O)[O-])cccc32)CC1. The van der Waals surface area contributed by atoms with Crippen molar-refractivity contribution in [1.82, 2.24) is 15.1 Å². The summed E-state index contributed by atoms with van der Waals surface area (Å²) in [6.07, 6.45) is 4.51. The number of non-ortho nitro benzene ring substituents is 1. The van der Waals surface area contributed by atoms with Crippen molar-refractivity contribution in [3.05, 3.63) is 34.5 Å². The van der Waals surface area contributed by atoms with E-state index in [1.54, 1.807) is 12.3 Å². The van der Waals surface area contributed by atoms with Crippen molar-refractivity contribution in [2.45, 2.75) is 64.1 Å². The molecule has 0 aliphatic heterocycles. The van der Waals surface area contributed by atoms with Crippen LogP contribution in [-0.2, 0) is 4.74 Å². The zero-order valence-electron chi connectivity index (χ0n) is 15.3. The number of nitro benzene ring substituents is 1. The molecule has 0 atom stereocenters. The van der Waals surface area contributed by atoms with E-state index in [1.807, 2.05) is 31.5 Å². The molecule has 1 saturated carbocycles. The maximum absolute atomic E-state index is 11.9. The van der Waals surface area contributed by atoms with Gasteiger partial charge in [-0.2, -0.15) is 5.10 Å². The quantitative estimate of drug-likeness (QED) is 0.660. The molecule has 1 aliphatic carbocycles. The van der Waals surface area contributed by atoms with Gasteiger partial charge in [0.1, 0.15) is 5.60 Å². The first-order valence-corrected chi connectivity index (χ1v) is 8.85. The van der Waals surface area contributed by atoms with E-state index in [4.69, 9.17) is 4.74 Å². The maximum Gasteiger partial charge on any atom is 0.407 e. The Bertz CT molecular complexity index is 816. The Hall–Kier alpha value is -2.64. The van der Waals surface area contributed by atoms with Gasteiger partial charge in [0.25, 0.3) is 5.69 Å². The average Bonchev–Trinajstić information content (AvgIpc) is 2.97. The minimum absolute atomic E-state index is 0.0778. The minimum atomic E-state index is -0.510. The van der Waals surface area contributed by atoms with Crippen molar-refractivity contribution in [2.75, 3.05) is 0 Å². The van der Waals surface area contributed by atoms with Crippen LogP contribution in [0, 0.1) is 10.1 Å². The Balaban J connectivity index is 1.66. The van der Waals surface area contributed by atoms with Crippen LogP contribution in [0.25, 0.3) is 10.9 Å². The second kappa shape index (κ2) is 6.93. The first kappa shape index (κ1) is 18.2. The van der Waals surface area contributed by atoms with Crippen LogP contribution in [0.1, 0.15) is 52.5 Å². The number of rotatable bonds is 3. The lowest BCUT2D eigenvalue weighted by molar-refractivity contribution is -0.383. The lowest BCUT2D eigenvalue weighted by atomic mass is 9.91. The van der Waals surface area contributed by atoms with Gasteiger partial charge >= 0.3 is 6.09 Å². The zero-order valence-corrected chi connectivity index (χ0v) is 15.3. The van der Waals surface area contributed by atoms with Crippen LogP contribution < -0.4 is 5.32 Å². The van der Waals surface area contributed by atoms with E-state index >= 15 is 0 Å². The first-order chi connectivity index (χ1) is 12.2. The van der Waals surface area contributed by atoms with Gasteiger partial charge in [0.05, 0.1) is 28.1 Å². The van der Waals surface area contributed by atoms with E-state index in [2.05, 4.69) is 10.4 Å². The lowest BCUT2D eigenvalue weighted by Crippen LogP contribution is -2.41. The summed E-state index contributed by atoms with van der Waals surface area (Å²) in [5.41, 5.74) is 0.348. The van der Waals surface area contributed by atoms with E-state index in [-0.39, 0.29) is 28.8 Å². The van der Waals surface area contributed by atoms with Gasteiger partial charge in [0, 0.05) is 12.1 Å². The smallest absolute Gasteiger partial charge is 0.407 e. The highest BCUT2D eigenvalue weighted by molar-refractivity contribution is 5.87. The van der Waals surface area contributed by atoms with E-state index < -0.39 is 5.60 Å². The molecule has 3 rings (SSSR count). The van der Waals surface area contributed by atoms with Gasteiger partial charge in [-0.15, -0.1) is 0 Å². The number of benzene rings is 1. The number of carbonyl (C=O) groups is 1. The standard InChI is InChI=1S/C18H24N4O4/c1-18(2,3)26-17(23)20-12-7-9-13(10-8-12)21-15-5-4-6-16(22(24)25)14(15)11-19-21/h4-6,11-13H,7-10H2,1-3H3,(H,20,23)/t12-,13-. The maximum atomic E-state index is 11.9. The number of alkyl carbamates (subject to hydrolysis) is 1. The van der Waals surface area contributed by atoms with Crippen molar-refractivity contribution < 1.29 is 14.5 Å². The molecule has 1 aromatic carbocycles. The molecule has 1 N–H and O–H groups in total. The van der Waals surface area contributed by atoms with Crippen LogP contribution in [0.15, 0.2) is 24.4 Å². The molecule has 1 aromatic heterocycles. The fourth-order valence-corrected chi connectivity index (χ4v) is 3.44. The Labute approximate surface area is 151 Å². The Morgan fingerprint density at radius 2 is 2.00 bits per heavy atom. The molecule has 0 spiro atoms. The summed E-state index contributed by atoms with van der Waals surface area (Å²) in [4.78, 5) is 22.7. The zero-order chi connectivity index (χ0) is 18.9. The summed E-state index contributed by atoms with van der Waals surface area (Å²) in [5.74, 6) is 0. The molecule has 1 amide bonds. The highest BCUT2D eigenvalue weighted by Gasteiger charge is 2.27. The number of amides is 1. The van der Waals surface area contributed by atoms with Crippen LogP contribution in [0.2, 0.25) is 0 Å². The molecular weight excluding hydrogens is 336 g/mol. The number of ether oxygens (including phenoxy) is 1. The lowest BCUT2D eigenvalue weighted by Gasteiger charge is -2.30. The number of fused-ring (bicyclic) bond motifs is 1. The van der Waals surface area contributed by atoms with Gasteiger partial charge in [0.15, 0.2) is 0 Å². The minimum Gasteiger partial charge on any atom is -0.444 e. The van der Waals surface area contributed by atoms with Gasteiger partial charge in [-0.1, -0.05) is 6.07 Å². The van der Waals surface area contributed by atoms with Crippen LogP contribution in [0.3, 0.4) is 0 Å². The van der Waals surface area contributed by atoms with Crippen molar-refractivity contribution in [3.8, 4) is 0 Å². The normalized spacial score (nSPS) is 20.7. The summed E-state index contributed by atoms with van der Waals surface area (Å²) < 4.78 is 7.18. The number of nitro groups is 1. The van der Waals surface area contributed by atoms with E-state index in [0.717, 1.165) is 31.2 Å². The predicted molar refractivity (Wildman–Crippen MR) is 97.1 cm³/mol. The topological polar surface area (TPSA) is 99.3 Å². The second-order valence-electron chi connectivity index (χ2n) is 7.71. The first-order valence-electron chi connectivity index (χ1n) is 8.85. The molecule has 8 heteroatoms. The number of aromatic nitrogens is 2. The van der Waals surface area contributed by atoms with Crippen molar-refractivity contribution in [2.24, 2.45) is 0 Å². The molecule has 1 heterocycles. The predicted octanol–water partition coefficient (Wildman–Crippen LogP) is 3.95. The summed E-state index contributed by atoms with van der Waals surface area (Å²) in [5, 5.41) is 19.0. The molecule has 0 radical (unpaired) electrons. The van der Waals surface area contributed by atoms with Crippen molar-refractivity contribution in [1.29, 1.82) is 0 Å². The van der Waals surface area contributed by atoms with Gasteiger partial charge < -0.3 is 10.1 Å². The third kappa shape index (κ3) is 3.95. The number of nitrogens with one attached hydrogen (secondary N) is 1. The Morgan fingerprint density at radius 1 is 1.31 bits per heavy atom. The summed E-state index contributed by atoms with van der Waals surface area (Å²) in [6, 6.07) is 5.30. The molecule has 26 heavy (non-hydrogen) atoms. The molecule has 2 aromatic rings. The molecule has 8 nitrogen and oxygen atoms in total. The third-order valence-electron chi connectivity index (χ3n) is 4.58. The fourth-order valence-electron chi connectivity index (χ4n) is 3.44. The van der Waals surface area contributed by atoms with Crippen LogP contribution in [0.5, 0.6) is 0 Å². The Kier molecular flexibility index (Phi) is 4.84. The Morgan fingerprint density at radius 3 is 2.62 bits per heavy atom. The average molecular weight is 360 g/mol. The van der Waals surface area contributed by atoms with Crippen molar-refractivity contribution >= 4 is 22.7 Å². The van der Waals surface area contributed by atoms with Crippen molar-refractivity contribution in [3.63, 3.8) is 0 Å². The van der Waals surface area contributed by atoms with E-state index in [0.29, 0.717) is 5.39 Å². The van der Waals surface area contributed by atoms with Crippen LogP contribution in [-0.4, -0.2) is 32.4 Å². The van der Waals surface area contributed by atoms with Crippen LogP contribution >= 0.6 is 0 Å². The molecule has 140 valence electrons. The largest absolute Gasteiger partial charge is 0.444 e. The molecule has 0 bridgehead atoms. The molecular formula is C18H24N4O4. The fraction of sp³-hybridized carbons (Fsp3) is 0.556. The monoisotopic (exact) mass is 360 g/mol. The van der Waals surface area contributed by atoms with Gasteiger partial charge in [-0.05, 0) is 52.5 Å². The molecule has 0 unspecified atom stereocenters. The number of carbonyl (C=O) groups excluding carboxylic acids is 1. The number of hydrogen-bond donors (Lipinski definition) is 1. The summed E-state index contributed by atoms with van der Waals surface area (Å²) >= 11 is 0. The summed E-state index contributed by atoms with van der Waals surface area (Å²) in [6.45, 7) is 5.52. The molecule has 1 aliphatic rings. The van der Waals surface area contributed by atoms with E-state index in [9.17, 15) is 14.9 Å². The second-order valence-corrected chi connectivity index (χ2v) is 7.71. The van der Waals surface area contributed by atoms with E-state index in [1.165, 1.54) is 6.07 Å². The molecule has 0 saturated heterocycles. The highest BCUT2D eigenvalue weighted by Crippen LogP contribution is 2.33. The summed E-state index contributed by atoms with van der Waals surface area (Å²) in [7, 11) is 0. The highest BCUT2D eigenvalue weighted by atomic mass is 16.6.